The Balaban J connectivity index is 2.05. The molecule has 1 heterocycles. The van der Waals surface area contributed by atoms with Crippen LogP contribution in [0, 0.1) is 6.92 Å². The van der Waals surface area contributed by atoms with E-state index in [1.54, 1.807) is 0 Å². The predicted octanol–water partition coefficient (Wildman–Crippen LogP) is 2.76. The summed E-state index contributed by atoms with van der Waals surface area (Å²) in [5, 5.41) is 3.71. The molecule has 20 heavy (non-hydrogen) atoms. The van der Waals surface area contributed by atoms with E-state index in [4.69, 9.17) is 4.74 Å². The molecule has 0 saturated carbocycles. The average Bonchev–Trinajstić information content (AvgIpc) is 2.44. The largest absolute Gasteiger partial charge is 0.376 e. The second kappa shape index (κ2) is 7.77. The molecule has 1 fully saturated rings. The van der Waals surface area contributed by atoms with Gasteiger partial charge in [-0.25, -0.2) is 0 Å². The monoisotopic (exact) mass is 276 g/mol. The minimum Gasteiger partial charge on any atom is -0.376 e. The first-order valence-electron chi connectivity index (χ1n) is 7.83. The number of ether oxygens (including phenoxy) is 1. The van der Waals surface area contributed by atoms with Gasteiger partial charge in [0.05, 0.1) is 12.7 Å². The Labute approximate surface area is 123 Å². The van der Waals surface area contributed by atoms with Crippen molar-refractivity contribution < 1.29 is 4.74 Å². The number of hydrogen-bond donors (Lipinski definition) is 1. The van der Waals surface area contributed by atoms with E-state index in [2.05, 4.69) is 55.3 Å². The summed E-state index contributed by atoms with van der Waals surface area (Å²) < 4.78 is 5.64. The minimum absolute atomic E-state index is 0.354. The van der Waals surface area contributed by atoms with Crippen molar-refractivity contribution >= 4 is 0 Å². The van der Waals surface area contributed by atoms with Gasteiger partial charge in [-0.2, -0.15) is 0 Å². The lowest BCUT2D eigenvalue weighted by Gasteiger charge is -2.34. The SMILES string of the molecule is CCCNC(CN1CCOC(C)C1)c1ccccc1C. The van der Waals surface area contributed by atoms with Crippen LogP contribution in [0.1, 0.15) is 37.4 Å². The molecule has 1 N–H and O–H groups in total. The van der Waals surface area contributed by atoms with Crippen LogP contribution in [-0.2, 0) is 4.74 Å². The number of nitrogens with one attached hydrogen (secondary N) is 1. The van der Waals surface area contributed by atoms with E-state index < -0.39 is 0 Å². The zero-order valence-electron chi connectivity index (χ0n) is 13.1. The summed E-state index contributed by atoms with van der Waals surface area (Å²) in [6.45, 7) is 11.7. The molecule has 0 aliphatic carbocycles. The first kappa shape index (κ1) is 15.5. The third-order valence-electron chi connectivity index (χ3n) is 3.97. The maximum Gasteiger partial charge on any atom is 0.0674 e. The van der Waals surface area contributed by atoms with Crippen LogP contribution >= 0.6 is 0 Å². The maximum absolute atomic E-state index is 5.64. The molecular weight excluding hydrogens is 248 g/mol. The molecular formula is C17H28N2O. The summed E-state index contributed by atoms with van der Waals surface area (Å²) in [7, 11) is 0. The van der Waals surface area contributed by atoms with Crippen molar-refractivity contribution in [2.75, 3.05) is 32.8 Å². The van der Waals surface area contributed by atoms with Crippen LogP contribution in [-0.4, -0.2) is 43.8 Å². The highest BCUT2D eigenvalue weighted by molar-refractivity contribution is 5.29. The van der Waals surface area contributed by atoms with Crippen molar-refractivity contribution in [2.24, 2.45) is 0 Å². The lowest BCUT2D eigenvalue weighted by Crippen LogP contribution is -2.45. The zero-order chi connectivity index (χ0) is 14.4. The van der Waals surface area contributed by atoms with E-state index in [0.29, 0.717) is 12.1 Å². The topological polar surface area (TPSA) is 24.5 Å². The van der Waals surface area contributed by atoms with Crippen molar-refractivity contribution in [2.45, 2.75) is 39.3 Å². The number of nitrogens with zero attached hydrogens (tertiary/aromatic N) is 1. The maximum atomic E-state index is 5.64. The minimum atomic E-state index is 0.354. The third kappa shape index (κ3) is 4.30. The summed E-state index contributed by atoms with van der Waals surface area (Å²) in [5.41, 5.74) is 2.81. The first-order valence-corrected chi connectivity index (χ1v) is 7.83. The molecule has 1 aromatic carbocycles. The average molecular weight is 276 g/mol. The highest BCUT2D eigenvalue weighted by Gasteiger charge is 2.21. The fraction of sp³-hybridized carbons (Fsp3) is 0.647. The molecule has 2 unspecified atom stereocenters. The van der Waals surface area contributed by atoms with E-state index in [-0.39, 0.29) is 0 Å². The lowest BCUT2D eigenvalue weighted by molar-refractivity contribution is -0.0211. The van der Waals surface area contributed by atoms with E-state index in [0.717, 1.165) is 32.8 Å². The van der Waals surface area contributed by atoms with Crippen molar-refractivity contribution in [3.63, 3.8) is 0 Å². The summed E-state index contributed by atoms with van der Waals surface area (Å²) in [6.07, 6.45) is 1.52. The van der Waals surface area contributed by atoms with Crippen LogP contribution < -0.4 is 5.32 Å². The standard InChI is InChI=1S/C17H28N2O/c1-4-9-18-17(16-8-6-5-7-14(16)2)13-19-10-11-20-15(3)12-19/h5-8,15,17-18H,4,9-13H2,1-3H3. The quantitative estimate of drug-likeness (QED) is 0.864. The van der Waals surface area contributed by atoms with Gasteiger partial charge in [-0.05, 0) is 37.9 Å². The highest BCUT2D eigenvalue weighted by atomic mass is 16.5. The number of morpholine rings is 1. The molecule has 2 atom stereocenters. The number of rotatable bonds is 6. The highest BCUT2D eigenvalue weighted by Crippen LogP contribution is 2.20. The van der Waals surface area contributed by atoms with E-state index in [1.807, 2.05) is 0 Å². The first-order chi connectivity index (χ1) is 9.70. The number of benzene rings is 1. The molecule has 1 aliphatic rings. The Morgan fingerprint density at radius 3 is 2.90 bits per heavy atom. The van der Waals surface area contributed by atoms with E-state index in [1.165, 1.54) is 17.5 Å². The Bertz CT molecular complexity index is 408. The molecule has 0 aromatic heterocycles. The molecule has 0 spiro atoms. The molecule has 1 aliphatic heterocycles. The van der Waals surface area contributed by atoms with Crippen molar-refractivity contribution in [3.05, 3.63) is 35.4 Å². The number of aryl methyl sites for hydroxylation is 1. The Hall–Kier alpha value is -0.900. The molecule has 1 aromatic rings. The van der Waals surface area contributed by atoms with Crippen LogP contribution in [0.3, 0.4) is 0 Å². The van der Waals surface area contributed by atoms with Crippen LogP contribution in [0.25, 0.3) is 0 Å². The fourth-order valence-electron chi connectivity index (χ4n) is 2.88. The van der Waals surface area contributed by atoms with Gasteiger partial charge in [0.25, 0.3) is 0 Å². The summed E-state index contributed by atoms with van der Waals surface area (Å²) >= 11 is 0. The van der Waals surface area contributed by atoms with E-state index >= 15 is 0 Å². The molecule has 0 radical (unpaired) electrons. The smallest absolute Gasteiger partial charge is 0.0674 e. The van der Waals surface area contributed by atoms with Gasteiger partial charge < -0.3 is 10.1 Å². The Morgan fingerprint density at radius 2 is 2.20 bits per heavy atom. The van der Waals surface area contributed by atoms with Gasteiger partial charge in [-0.15, -0.1) is 0 Å². The van der Waals surface area contributed by atoms with Gasteiger partial charge >= 0.3 is 0 Å². The van der Waals surface area contributed by atoms with Gasteiger partial charge in [0, 0.05) is 25.7 Å². The van der Waals surface area contributed by atoms with E-state index in [9.17, 15) is 0 Å². The molecule has 0 bridgehead atoms. The second-order valence-electron chi connectivity index (χ2n) is 5.80. The van der Waals surface area contributed by atoms with Gasteiger partial charge in [0.15, 0.2) is 0 Å². The normalized spacial score (nSPS) is 21.9. The molecule has 0 amide bonds. The predicted molar refractivity (Wildman–Crippen MR) is 84.1 cm³/mol. The van der Waals surface area contributed by atoms with Crippen LogP contribution in [0.2, 0.25) is 0 Å². The molecule has 1 saturated heterocycles. The van der Waals surface area contributed by atoms with Gasteiger partial charge in [0.2, 0.25) is 0 Å². The fourth-order valence-corrected chi connectivity index (χ4v) is 2.88. The summed E-state index contributed by atoms with van der Waals surface area (Å²) in [5.74, 6) is 0. The number of hydrogen-bond acceptors (Lipinski definition) is 3. The van der Waals surface area contributed by atoms with Crippen LogP contribution in [0.15, 0.2) is 24.3 Å². The van der Waals surface area contributed by atoms with Crippen molar-refractivity contribution in [3.8, 4) is 0 Å². The zero-order valence-corrected chi connectivity index (χ0v) is 13.1. The van der Waals surface area contributed by atoms with Crippen LogP contribution in [0.5, 0.6) is 0 Å². The lowest BCUT2D eigenvalue weighted by atomic mass is 10.0. The molecule has 112 valence electrons. The summed E-state index contributed by atoms with van der Waals surface area (Å²) in [4.78, 5) is 2.52. The molecule has 3 heteroatoms. The Kier molecular flexibility index (Phi) is 6.02. The second-order valence-corrected chi connectivity index (χ2v) is 5.80. The van der Waals surface area contributed by atoms with Gasteiger partial charge in [-0.3, -0.25) is 4.90 Å². The summed E-state index contributed by atoms with van der Waals surface area (Å²) in [6, 6.07) is 9.14. The van der Waals surface area contributed by atoms with Crippen molar-refractivity contribution in [1.82, 2.24) is 10.2 Å². The van der Waals surface area contributed by atoms with Crippen molar-refractivity contribution in [1.29, 1.82) is 0 Å². The van der Waals surface area contributed by atoms with Crippen LogP contribution in [0.4, 0.5) is 0 Å². The van der Waals surface area contributed by atoms with Gasteiger partial charge in [0.1, 0.15) is 0 Å². The molecule has 2 rings (SSSR count). The Morgan fingerprint density at radius 1 is 1.40 bits per heavy atom. The van der Waals surface area contributed by atoms with Gasteiger partial charge in [-0.1, -0.05) is 31.2 Å². The molecule has 3 nitrogen and oxygen atoms in total. The third-order valence-corrected chi connectivity index (χ3v) is 3.97.